The van der Waals surface area contributed by atoms with Crippen molar-refractivity contribution in [2.75, 3.05) is 0 Å². The predicted molar refractivity (Wildman–Crippen MR) is 47.1 cm³/mol. The molecule has 0 unspecified atom stereocenters. The summed E-state index contributed by atoms with van der Waals surface area (Å²) in [6.07, 6.45) is -4.32. The van der Waals surface area contributed by atoms with Crippen LogP contribution in [0.3, 0.4) is 0 Å². The van der Waals surface area contributed by atoms with E-state index in [1.807, 2.05) is 0 Å². The van der Waals surface area contributed by atoms with Crippen LogP contribution in [0.15, 0.2) is 6.07 Å². The largest absolute Gasteiger partial charge is 0.481 e. The van der Waals surface area contributed by atoms with Crippen molar-refractivity contribution >= 4 is 11.7 Å². The lowest BCUT2D eigenvalue weighted by atomic mass is 10.1. The molecule has 0 bridgehead atoms. The standard InChI is InChI=1S/C8H5F3N2O4/c9-5-2-4(13(16)17)7(8(10)11)3(12-5)1-6(14)15/h2,8H,1H2,(H,14,15). The van der Waals surface area contributed by atoms with E-state index in [0.29, 0.717) is 0 Å². The molecule has 1 aromatic rings. The third-order valence-corrected chi connectivity index (χ3v) is 1.82. The van der Waals surface area contributed by atoms with Crippen LogP contribution in [-0.4, -0.2) is 21.0 Å². The van der Waals surface area contributed by atoms with Gasteiger partial charge in [-0.2, -0.15) is 4.39 Å². The van der Waals surface area contributed by atoms with Gasteiger partial charge in [-0.05, 0) is 0 Å². The minimum Gasteiger partial charge on any atom is -0.481 e. The number of pyridine rings is 1. The monoisotopic (exact) mass is 250 g/mol. The SMILES string of the molecule is O=C(O)Cc1nc(F)cc([N+](=O)[O-])c1C(F)F. The number of carbonyl (C=O) groups is 1. The fourth-order valence-electron chi connectivity index (χ4n) is 1.23. The molecular formula is C8H5F3N2O4. The molecule has 0 atom stereocenters. The average Bonchev–Trinajstić information content (AvgIpc) is 2.14. The Labute approximate surface area is 91.9 Å². The van der Waals surface area contributed by atoms with E-state index < -0.39 is 46.6 Å². The van der Waals surface area contributed by atoms with Crippen LogP contribution in [0.25, 0.3) is 0 Å². The van der Waals surface area contributed by atoms with Crippen molar-refractivity contribution in [1.29, 1.82) is 0 Å². The molecule has 1 aromatic heterocycles. The number of rotatable bonds is 4. The van der Waals surface area contributed by atoms with Gasteiger partial charge in [-0.25, -0.2) is 13.8 Å². The Bertz CT molecular complexity index is 478. The first-order chi connectivity index (χ1) is 7.82. The lowest BCUT2D eigenvalue weighted by molar-refractivity contribution is -0.386. The maximum atomic E-state index is 12.8. The maximum absolute atomic E-state index is 12.8. The van der Waals surface area contributed by atoms with Gasteiger partial charge >= 0.3 is 5.97 Å². The highest BCUT2D eigenvalue weighted by atomic mass is 19.3. The van der Waals surface area contributed by atoms with Crippen LogP contribution in [0.2, 0.25) is 0 Å². The molecule has 0 aromatic carbocycles. The lowest BCUT2D eigenvalue weighted by Gasteiger charge is -2.06. The molecule has 1 heterocycles. The number of hydrogen-bond acceptors (Lipinski definition) is 4. The number of aromatic nitrogens is 1. The molecule has 92 valence electrons. The number of hydrogen-bond donors (Lipinski definition) is 1. The molecule has 0 radical (unpaired) electrons. The molecule has 9 heteroatoms. The topological polar surface area (TPSA) is 93.3 Å². The highest BCUT2D eigenvalue weighted by molar-refractivity contribution is 5.70. The van der Waals surface area contributed by atoms with E-state index in [1.54, 1.807) is 0 Å². The number of nitro groups is 1. The second kappa shape index (κ2) is 4.76. The molecule has 0 aliphatic heterocycles. The number of alkyl halides is 2. The van der Waals surface area contributed by atoms with Gasteiger partial charge in [0.25, 0.3) is 12.1 Å². The minimum atomic E-state index is -3.31. The van der Waals surface area contributed by atoms with Crippen LogP contribution in [0.1, 0.15) is 17.7 Å². The molecule has 0 aliphatic rings. The number of nitrogens with zero attached hydrogens (tertiary/aromatic N) is 2. The second-order valence-corrected chi connectivity index (χ2v) is 2.95. The van der Waals surface area contributed by atoms with Crippen LogP contribution in [0.5, 0.6) is 0 Å². The highest BCUT2D eigenvalue weighted by Crippen LogP contribution is 2.31. The summed E-state index contributed by atoms with van der Waals surface area (Å²) in [5.41, 5.74) is -3.19. The van der Waals surface area contributed by atoms with Gasteiger partial charge in [0.05, 0.1) is 23.1 Å². The van der Waals surface area contributed by atoms with Crippen molar-refractivity contribution in [2.45, 2.75) is 12.8 Å². The number of carboxylic acids is 1. The van der Waals surface area contributed by atoms with Crippen molar-refractivity contribution in [3.8, 4) is 0 Å². The zero-order valence-electron chi connectivity index (χ0n) is 8.06. The van der Waals surface area contributed by atoms with Crippen molar-refractivity contribution in [2.24, 2.45) is 0 Å². The van der Waals surface area contributed by atoms with Crippen LogP contribution in [0.4, 0.5) is 18.9 Å². The fourth-order valence-corrected chi connectivity index (χ4v) is 1.23. The lowest BCUT2D eigenvalue weighted by Crippen LogP contribution is -2.10. The summed E-state index contributed by atoms with van der Waals surface area (Å²) < 4.78 is 38.0. The van der Waals surface area contributed by atoms with Gasteiger partial charge in [0, 0.05) is 0 Å². The highest BCUT2D eigenvalue weighted by Gasteiger charge is 2.29. The normalized spacial score (nSPS) is 10.6. The first-order valence-electron chi connectivity index (χ1n) is 4.16. The van der Waals surface area contributed by atoms with Crippen molar-refractivity contribution < 1.29 is 28.0 Å². The van der Waals surface area contributed by atoms with Gasteiger partial charge in [0.2, 0.25) is 5.95 Å². The van der Waals surface area contributed by atoms with Crippen molar-refractivity contribution in [3.05, 3.63) is 33.4 Å². The zero-order chi connectivity index (χ0) is 13.2. The summed E-state index contributed by atoms with van der Waals surface area (Å²) in [7, 11) is 0. The van der Waals surface area contributed by atoms with E-state index in [-0.39, 0.29) is 6.07 Å². The van der Waals surface area contributed by atoms with Crippen LogP contribution < -0.4 is 0 Å². The van der Waals surface area contributed by atoms with Gasteiger partial charge < -0.3 is 5.11 Å². The Morgan fingerprint density at radius 2 is 2.18 bits per heavy atom. The van der Waals surface area contributed by atoms with E-state index in [4.69, 9.17) is 5.11 Å². The Morgan fingerprint density at radius 3 is 2.59 bits per heavy atom. The van der Waals surface area contributed by atoms with Gasteiger partial charge in [0.1, 0.15) is 5.56 Å². The quantitative estimate of drug-likeness (QED) is 0.498. The fraction of sp³-hybridized carbons (Fsp3) is 0.250. The van der Waals surface area contributed by atoms with E-state index in [1.165, 1.54) is 0 Å². The van der Waals surface area contributed by atoms with Gasteiger partial charge in [-0.1, -0.05) is 0 Å². The van der Waals surface area contributed by atoms with Crippen molar-refractivity contribution in [1.82, 2.24) is 4.98 Å². The second-order valence-electron chi connectivity index (χ2n) is 2.95. The van der Waals surface area contributed by atoms with E-state index in [0.717, 1.165) is 0 Å². The number of aliphatic carboxylic acids is 1. The molecule has 0 saturated heterocycles. The van der Waals surface area contributed by atoms with Gasteiger partial charge in [-0.3, -0.25) is 14.9 Å². The summed E-state index contributed by atoms with van der Waals surface area (Å²) in [4.78, 5) is 22.5. The van der Waals surface area contributed by atoms with Crippen LogP contribution >= 0.6 is 0 Å². The molecule has 0 fully saturated rings. The third kappa shape index (κ3) is 2.89. The summed E-state index contributed by atoms with van der Waals surface area (Å²) in [5, 5.41) is 18.9. The predicted octanol–water partition coefficient (Wildman–Crippen LogP) is 1.69. The third-order valence-electron chi connectivity index (χ3n) is 1.82. The average molecular weight is 250 g/mol. The number of halogens is 3. The molecule has 0 saturated carbocycles. The molecule has 0 spiro atoms. The molecule has 6 nitrogen and oxygen atoms in total. The van der Waals surface area contributed by atoms with E-state index >= 15 is 0 Å². The summed E-state index contributed by atoms with van der Waals surface area (Å²) >= 11 is 0. The summed E-state index contributed by atoms with van der Waals surface area (Å²) in [6.45, 7) is 0. The maximum Gasteiger partial charge on any atom is 0.309 e. The molecule has 0 amide bonds. The number of carboxylic acid groups (broad SMARTS) is 1. The molecule has 17 heavy (non-hydrogen) atoms. The first-order valence-corrected chi connectivity index (χ1v) is 4.16. The first kappa shape index (κ1) is 12.9. The van der Waals surface area contributed by atoms with Crippen LogP contribution in [-0.2, 0) is 11.2 Å². The Hall–Kier alpha value is -2.19. The summed E-state index contributed by atoms with van der Waals surface area (Å²) in [6, 6.07) is 0.229. The summed E-state index contributed by atoms with van der Waals surface area (Å²) in [5.74, 6) is -2.92. The zero-order valence-corrected chi connectivity index (χ0v) is 8.06. The molecule has 1 rings (SSSR count). The Kier molecular flexibility index (Phi) is 3.61. The van der Waals surface area contributed by atoms with E-state index in [9.17, 15) is 28.1 Å². The molecule has 1 N–H and O–H groups in total. The Balaban J connectivity index is 3.45. The molecular weight excluding hydrogens is 245 g/mol. The van der Waals surface area contributed by atoms with Gasteiger partial charge in [-0.15, -0.1) is 0 Å². The minimum absolute atomic E-state index is 0.229. The van der Waals surface area contributed by atoms with Crippen LogP contribution in [0, 0.1) is 16.1 Å². The van der Waals surface area contributed by atoms with Gasteiger partial charge in [0.15, 0.2) is 0 Å². The Morgan fingerprint density at radius 1 is 1.59 bits per heavy atom. The molecule has 0 aliphatic carbocycles. The van der Waals surface area contributed by atoms with Crippen molar-refractivity contribution in [3.63, 3.8) is 0 Å². The smallest absolute Gasteiger partial charge is 0.309 e. The van der Waals surface area contributed by atoms with E-state index in [2.05, 4.69) is 4.98 Å².